The molecule has 3 heterocycles. The van der Waals surface area contributed by atoms with Gasteiger partial charge in [0.2, 0.25) is 5.95 Å². The van der Waals surface area contributed by atoms with Crippen LogP contribution in [0.3, 0.4) is 0 Å². The summed E-state index contributed by atoms with van der Waals surface area (Å²) in [6, 6.07) is 12.4. The lowest BCUT2D eigenvalue weighted by Gasteiger charge is -2.31. The van der Waals surface area contributed by atoms with Crippen LogP contribution < -0.4 is 16.0 Å². The summed E-state index contributed by atoms with van der Waals surface area (Å²) in [4.78, 5) is 32.0. The molecule has 3 N–H and O–H groups in total. The van der Waals surface area contributed by atoms with Crippen molar-refractivity contribution >= 4 is 34.9 Å². The molecule has 138 valence electrons. The summed E-state index contributed by atoms with van der Waals surface area (Å²) in [6.07, 6.45) is 4.23. The van der Waals surface area contributed by atoms with Crippen LogP contribution in [0.15, 0.2) is 47.5 Å². The average molecular weight is 381 g/mol. The number of hydrogen-bond acceptors (Lipinski definition) is 7. The van der Waals surface area contributed by atoms with Crippen LogP contribution in [0.2, 0.25) is 0 Å². The molecule has 27 heavy (non-hydrogen) atoms. The molecule has 8 heteroatoms. The lowest BCUT2D eigenvalue weighted by atomic mass is 9.89. The van der Waals surface area contributed by atoms with Crippen molar-refractivity contribution in [3.63, 3.8) is 0 Å². The number of amides is 2. The summed E-state index contributed by atoms with van der Waals surface area (Å²) in [5.41, 5.74) is 1.91. The Labute approximate surface area is 161 Å². The third kappa shape index (κ3) is 4.35. The molecule has 2 atom stereocenters. The van der Waals surface area contributed by atoms with Gasteiger partial charge in [0.25, 0.3) is 11.1 Å². The Hall–Kier alpha value is -2.71. The number of hydrogen-bond donors (Lipinski definition) is 3. The lowest BCUT2D eigenvalue weighted by Crippen LogP contribution is -2.42. The van der Waals surface area contributed by atoms with Gasteiger partial charge in [-0.15, -0.1) is 0 Å². The number of carbonyl (C=O) groups is 2. The van der Waals surface area contributed by atoms with Gasteiger partial charge in [-0.25, -0.2) is 9.97 Å². The van der Waals surface area contributed by atoms with Gasteiger partial charge < -0.3 is 10.6 Å². The van der Waals surface area contributed by atoms with Gasteiger partial charge in [-0.2, -0.15) is 0 Å². The summed E-state index contributed by atoms with van der Waals surface area (Å²) in [5.74, 6) is 0.562. The van der Waals surface area contributed by atoms with Crippen molar-refractivity contribution in [3.8, 4) is 0 Å². The van der Waals surface area contributed by atoms with E-state index in [1.807, 2.05) is 6.07 Å². The van der Waals surface area contributed by atoms with Crippen molar-refractivity contribution in [2.75, 3.05) is 18.4 Å². The van der Waals surface area contributed by atoms with Crippen molar-refractivity contribution in [2.45, 2.75) is 18.4 Å². The van der Waals surface area contributed by atoms with E-state index in [9.17, 15) is 9.59 Å². The number of rotatable bonds is 4. The largest absolute Gasteiger partial charge is 0.350 e. The minimum absolute atomic E-state index is 0.206. The maximum absolute atomic E-state index is 11.7. The average Bonchev–Trinajstić information content (AvgIpc) is 3.00. The summed E-state index contributed by atoms with van der Waals surface area (Å²) < 4.78 is 0. The Bertz CT molecular complexity index is 887. The molecule has 2 aliphatic rings. The smallest absolute Gasteiger partial charge is 0.290 e. The van der Waals surface area contributed by atoms with Gasteiger partial charge in [0, 0.05) is 25.3 Å². The summed E-state index contributed by atoms with van der Waals surface area (Å²) in [7, 11) is 0. The Balaban J connectivity index is 1.44. The third-order valence-electron chi connectivity index (χ3n) is 4.55. The highest BCUT2D eigenvalue weighted by molar-refractivity contribution is 8.18. The molecule has 7 nitrogen and oxygen atoms in total. The van der Waals surface area contributed by atoms with Crippen molar-refractivity contribution in [2.24, 2.45) is 0 Å². The van der Waals surface area contributed by atoms with E-state index in [1.54, 1.807) is 18.3 Å². The predicted molar refractivity (Wildman–Crippen MR) is 105 cm³/mol. The molecule has 4 rings (SSSR count). The molecular weight excluding hydrogens is 362 g/mol. The topological polar surface area (TPSA) is 96.0 Å². The first kappa shape index (κ1) is 17.7. The van der Waals surface area contributed by atoms with E-state index in [2.05, 4.69) is 50.2 Å². The third-order valence-corrected chi connectivity index (χ3v) is 5.36. The van der Waals surface area contributed by atoms with Gasteiger partial charge in [0.1, 0.15) is 0 Å². The highest BCUT2D eigenvalue weighted by Gasteiger charge is 2.26. The minimum atomic E-state index is -0.389. The molecular formula is C19H19N5O2S. The number of nitrogens with one attached hydrogen (secondary N) is 3. The Kier molecular flexibility index (Phi) is 5.17. The second-order valence-electron chi connectivity index (χ2n) is 6.50. The quantitative estimate of drug-likeness (QED) is 0.700. The maximum Gasteiger partial charge on any atom is 0.290 e. The first-order valence-electron chi connectivity index (χ1n) is 8.77. The fourth-order valence-corrected chi connectivity index (χ4v) is 3.96. The monoisotopic (exact) mass is 381 g/mol. The van der Waals surface area contributed by atoms with Crippen molar-refractivity contribution < 1.29 is 9.59 Å². The second-order valence-corrected chi connectivity index (χ2v) is 7.51. The number of carbonyl (C=O) groups excluding carboxylic acids is 2. The van der Waals surface area contributed by atoms with Crippen molar-refractivity contribution in [1.82, 2.24) is 20.6 Å². The number of imide groups is 1. The molecule has 2 saturated heterocycles. The van der Waals surface area contributed by atoms with E-state index >= 15 is 0 Å². The molecule has 0 saturated carbocycles. The zero-order valence-corrected chi connectivity index (χ0v) is 15.3. The Morgan fingerprint density at radius 2 is 2.00 bits per heavy atom. The van der Waals surface area contributed by atoms with Crippen molar-refractivity contribution in [1.29, 1.82) is 0 Å². The number of nitrogens with zero attached hydrogens (tertiary/aromatic N) is 2. The summed E-state index contributed by atoms with van der Waals surface area (Å²) in [5, 5.41) is 8.72. The fraction of sp³-hybridized carbons (Fsp3) is 0.263. The first-order chi connectivity index (χ1) is 13.2. The second kappa shape index (κ2) is 7.89. The lowest BCUT2D eigenvalue weighted by molar-refractivity contribution is -0.115. The number of piperidine rings is 1. The number of aromatic nitrogens is 2. The number of anilines is 1. The predicted octanol–water partition coefficient (Wildman–Crippen LogP) is 2.36. The Morgan fingerprint density at radius 1 is 1.15 bits per heavy atom. The van der Waals surface area contributed by atoms with Crippen LogP contribution in [0.4, 0.5) is 10.7 Å². The highest BCUT2D eigenvalue weighted by Crippen LogP contribution is 2.26. The minimum Gasteiger partial charge on any atom is -0.350 e. The normalized spacial score (nSPS) is 24.1. The van der Waals surface area contributed by atoms with E-state index in [0.29, 0.717) is 22.5 Å². The standard InChI is InChI=1S/C19H19N5O2S/c25-17-16(27-19(26)24-17)9-14-6-7-21-18(22-14)23-15-8-13(10-20-11-15)12-4-2-1-3-5-12/h1-7,9,13,15,20H,8,10-11H2,(H,21,22,23)(H,24,25,26). The molecule has 2 fully saturated rings. The molecule has 1 aromatic carbocycles. The molecule has 2 aliphatic heterocycles. The number of thioether (sulfide) groups is 1. The molecule has 2 amide bonds. The van der Waals surface area contributed by atoms with Gasteiger partial charge >= 0.3 is 0 Å². The van der Waals surface area contributed by atoms with Gasteiger partial charge in [-0.1, -0.05) is 30.3 Å². The van der Waals surface area contributed by atoms with Crippen LogP contribution in [-0.2, 0) is 4.79 Å². The fourth-order valence-electron chi connectivity index (χ4n) is 3.29. The van der Waals surface area contributed by atoms with E-state index in [1.165, 1.54) is 5.56 Å². The van der Waals surface area contributed by atoms with Crippen molar-refractivity contribution in [3.05, 3.63) is 58.8 Å². The SMILES string of the molecule is O=C1NC(=O)C(=Cc2ccnc(NC3CNCC(c4ccccc4)C3)n2)S1. The first-order valence-corrected chi connectivity index (χ1v) is 9.59. The molecule has 0 bridgehead atoms. The molecule has 0 radical (unpaired) electrons. The van der Waals surface area contributed by atoms with E-state index < -0.39 is 0 Å². The summed E-state index contributed by atoms with van der Waals surface area (Å²) in [6.45, 7) is 1.79. The maximum atomic E-state index is 11.7. The van der Waals surface area contributed by atoms with Crippen LogP contribution in [0.25, 0.3) is 6.08 Å². The van der Waals surface area contributed by atoms with Gasteiger partial charge in [0.05, 0.1) is 10.6 Å². The van der Waals surface area contributed by atoms with E-state index in [0.717, 1.165) is 31.3 Å². The van der Waals surface area contributed by atoms with Crippen LogP contribution in [0.1, 0.15) is 23.6 Å². The van der Waals surface area contributed by atoms with Gasteiger partial charge in [0.15, 0.2) is 0 Å². The van der Waals surface area contributed by atoms with Gasteiger partial charge in [-0.05, 0) is 41.8 Å². The Morgan fingerprint density at radius 3 is 2.78 bits per heavy atom. The summed E-state index contributed by atoms with van der Waals surface area (Å²) >= 11 is 0.879. The zero-order valence-electron chi connectivity index (χ0n) is 14.5. The molecule has 2 aromatic rings. The van der Waals surface area contributed by atoms with Crippen LogP contribution in [0.5, 0.6) is 0 Å². The van der Waals surface area contributed by atoms with Crippen LogP contribution in [-0.4, -0.2) is 40.2 Å². The van der Waals surface area contributed by atoms with E-state index in [-0.39, 0.29) is 17.2 Å². The highest BCUT2D eigenvalue weighted by atomic mass is 32.2. The van der Waals surface area contributed by atoms with Gasteiger partial charge in [-0.3, -0.25) is 14.9 Å². The number of benzene rings is 1. The molecule has 0 spiro atoms. The molecule has 2 unspecified atom stereocenters. The van der Waals surface area contributed by atoms with E-state index in [4.69, 9.17) is 0 Å². The van der Waals surface area contributed by atoms with Crippen LogP contribution in [0, 0.1) is 0 Å². The van der Waals surface area contributed by atoms with Crippen LogP contribution >= 0.6 is 11.8 Å². The molecule has 1 aromatic heterocycles. The molecule has 0 aliphatic carbocycles. The zero-order chi connectivity index (χ0) is 18.6.